The highest BCUT2D eigenvalue weighted by atomic mass is 31.2. The van der Waals surface area contributed by atoms with Gasteiger partial charge >= 0.3 is 19.6 Å². The predicted octanol–water partition coefficient (Wildman–Crippen LogP) is 2.97. The van der Waals surface area contributed by atoms with Gasteiger partial charge < -0.3 is 34.7 Å². The van der Waals surface area contributed by atoms with Crippen molar-refractivity contribution in [1.82, 2.24) is 24.8 Å². The lowest BCUT2D eigenvalue weighted by Gasteiger charge is -2.33. The van der Waals surface area contributed by atoms with Gasteiger partial charge in [0.25, 0.3) is 0 Å². The third kappa shape index (κ3) is 8.42. The minimum atomic E-state index is -4.38. The Labute approximate surface area is 287 Å². The standard InChI is InChI=1S/C32H52N7O9P/c1-9-22(10-2)15-45-27(40)20(5)37-49(44,38-21(6)28(41)46-16-23(11-3)12-4)47-18-30(7)29(42)31(8,43)32(17-33,48-30)25-14-13-24-26(34)35-19-36-39(24)25/h13-14,19-23,29,42-43H,9-12,15-16,18H2,1-8H3,(H2,34,35,36)(H2,37,38,44)/t20-,21?,29+,30?,31+,32-,49?/m0/s1. The van der Waals surface area contributed by atoms with E-state index in [-0.39, 0.29) is 36.6 Å². The van der Waals surface area contributed by atoms with Gasteiger partial charge in [0.2, 0.25) is 5.60 Å². The Morgan fingerprint density at radius 2 is 1.57 bits per heavy atom. The van der Waals surface area contributed by atoms with Crippen LogP contribution in [0.15, 0.2) is 18.5 Å². The van der Waals surface area contributed by atoms with Crippen LogP contribution in [0.3, 0.4) is 0 Å². The molecule has 0 saturated carbocycles. The molecule has 3 unspecified atom stereocenters. The van der Waals surface area contributed by atoms with Crippen molar-refractivity contribution in [3.8, 4) is 6.07 Å². The molecule has 0 aliphatic carbocycles. The number of ether oxygens (including phenoxy) is 3. The highest BCUT2D eigenvalue weighted by Gasteiger charge is 2.70. The molecule has 1 fully saturated rings. The van der Waals surface area contributed by atoms with Gasteiger partial charge in [-0.15, -0.1) is 0 Å². The Morgan fingerprint density at radius 1 is 1.06 bits per heavy atom. The summed E-state index contributed by atoms with van der Waals surface area (Å²) >= 11 is 0. The minimum Gasteiger partial charge on any atom is -0.464 e. The molecule has 0 spiro atoms. The van der Waals surface area contributed by atoms with Gasteiger partial charge in [-0.1, -0.05) is 53.4 Å². The maximum Gasteiger partial charge on any atom is 0.342 e. The van der Waals surface area contributed by atoms with Gasteiger partial charge in [0.1, 0.15) is 47.3 Å². The van der Waals surface area contributed by atoms with Crippen molar-refractivity contribution >= 4 is 30.9 Å². The maximum atomic E-state index is 14.4. The fraction of sp³-hybridized carbons (Fsp3) is 0.719. The zero-order valence-corrected chi connectivity index (χ0v) is 30.5. The molecule has 6 N–H and O–H groups in total. The van der Waals surface area contributed by atoms with E-state index in [1.54, 1.807) is 0 Å². The molecule has 0 amide bonds. The van der Waals surface area contributed by atoms with E-state index >= 15 is 0 Å². The summed E-state index contributed by atoms with van der Waals surface area (Å²) in [6.07, 6.45) is 2.60. The maximum absolute atomic E-state index is 14.4. The third-order valence-corrected chi connectivity index (χ3v) is 11.4. The summed E-state index contributed by atoms with van der Waals surface area (Å²) in [5.74, 6) is -0.985. The predicted molar refractivity (Wildman–Crippen MR) is 180 cm³/mol. The number of nitriles is 1. The summed E-state index contributed by atoms with van der Waals surface area (Å²) in [4.78, 5) is 29.8. The lowest BCUT2D eigenvalue weighted by Crippen LogP contribution is -2.54. The SMILES string of the molecule is CCC(CC)COC(=O)C(C)NP(=O)(N[C@@H](C)C(=O)OCC(CC)CC)OCC1(C)O[C@@](C#N)(c2ccc3c(N)ncnn23)[C@](C)(O)[C@@H]1O. The van der Waals surface area contributed by atoms with Gasteiger partial charge in [-0.2, -0.15) is 10.4 Å². The van der Waals surface area contributed by atoms with Crippen LogP contribution >= 0.6 is 7.67 Å². The van der Waals surface area contributed by atoms with E-state index in [0.29, 0.717) is 5.52 Å². The molecule has 3 rings (SSSR count). The van der Waals surface area contributed by atoms with Crippen LogP contribution in [-0.4, -0.2) is 86.0 Å². The number of carbonyl (C=O) groups is 2. The van der Waals surface area contributed by atoms with Gasteiger partial charge in [0.15, 0.2) is 5.82 Å². The summed E-state index contributed by atoms with van der Waals surface area (Å²) < 4.78 is 38.7. The van der Waals surface area contributed by atoms with E-state index in [2.05, 4.69) is 20.3 Å². The van der Waals surface area contributed by atoms with Gasteiger partial charge in [-0.25, -0.2) is 19.7 Å². The van der Waals surface area contributed by atoms with Crippen molar-refractivity contribution in [2.75, 3.05) is 25.6 Å². The Morgan fingerprint density at radius 3 is 2.04 bits per heavy atom. The van der Waals surface area contributed by atoms with Crippen molar-refractivity contribution in [2.24, 2.45) is 11.8 Å². The van der Waals surface area contributed by atoms with Crippen molar-refractivity contribution in [3.05, 3.63) is 24.2 Å². The number of aliphatic hydroxyl groups excluding tert-OH is 1. The molecular formula is C32H52N7O9P. The number of nitrogen functional groups attached to an aromatic ring is 1. The summed E-state index contributed by atoms with van der Waals surface area (Å²) in [7, 11) is -4.38. The highest BCUT2D eigenvalue weighted by Crippen LogP contribution is 2.53. The number of rotatable bonds is 18. The Kier molecular flexibility index (Phi) is 13.3. The van der Waals surface area contributed by atoms with Crippen LogP contribution in [0.5, 0.6) is 0 Å². The second kappa shape index (κ2) is 16.2. The van der Waals surface area contributed by atoms with E-state index in [1.807, 2.05) is 33.8 Å². The molecule has 17 heteroatoms. The lowest BCUT2D eigenvalue weighted by atomic mass is 9.78. The molecule has 2 aromatic heterocycles. The Hall–Kier alpha value is -3.16. The summed E-state index contributed by atoms with van der Waals surface area (Å²) in [6.45, 7) is 13.1. The number of aliphatic hydroxyl groups is 2. The topological polar surface area (TPSA) is 233 Å². The van der Waals surface area contributed by atoms with E-state index in [4.69, 9.17) is 24.5 Å². The summed E-state index contributed by atoms with van der Waals surface area (Å²) in [5.41, 5.74) is -0.00575. The highest BCUT2D eigenvalue weighted by molar-refractivity contribution is 7.54. The van der Waals surface area contributed by atoms with Gasteiger partial charge in [-0.3, -0.25) is 14.2 Å². The van der Waals surface area contributed by atoms with Gasteiger partial charge in [0, 0.05) is 0 Å². The quantitative estimate of drug-likeness (QED) is 0.111. The number of esters is 2. The molecule has 16 nitrogen and oxygen atoms in total. The van der Waals surface area contributed by atoms with Crippen molar-refractivity contribution in [2.45, 2.75) is 116 Å². The Balaban J connectivity index is 1.91. The van der Waals surface area contributed by atoms with Crippen molar-refractivity contribution in [3.63, 3.8) is 0 Å². The minimum absolute atomic E-state index is 0.0500. The van der Waals surface area contributed by atoms with Crippen molar-refractivity contribution < 1.29 is 43.1 Å². The third-order valence-electron chi connectivity index (χ3n) is 9.41. The molecule has 3 heterocycles. The molecule has 1 aliphatic rings. The van der Waals surface area contributed by atoms with Crippen LogP contribution in [0.4, 0.5) is 5.82 Å². The fourth-order valence-corrected chi connectivity index (χ4v) is 7.67. The lowest BCUT2D eigenvalue weighted by molar-refractivity contribution is -0.147. The van der Waals surface area contributed by atoms with Crippen LogP contribution in [0.25, 0.3) is 5.52 Å². The molecule has 0 bridgehead atoms. The van der Waals surface area contributed by atoms with Crippen LogP contribution in [0, 0.1) is 23.2 Å². The normalized spacial score (nSPS) is 26.4. The number of nitrogens with two attached hydrogens (primary N) is 1. The first-order valence-corrected chi connectivity index (χ1v) is 18.3. The van der Waals surface area contributed by atoms with E-state index in [1.165, 1.54) is 50.7 Å². The first-order chi connectivity index (χ1) is 23.0. The average Bonchev–Trinajstić information content (AvgIpc) is 3.57. The van der Waals surface area contributed by atoms with Crippen molar-refractivity contribution in [1.29, 1.82) is 5.26 Å². The molecule has 49 heavy (non-hydrogen) atoms. The number of hydrogen-bond donors (Lipinski definition) is 5. The summed E-state index contributed by atoms with van der Waals surface area (Å²) in [5, 5.41) is 43.1. The zero-order chi connectivity index (χ0) is 36.8. The number of nitrogens with one attached hydrogen (secondary N) is 2. The second-order valence-corrected chi connectivity index (χ2v) is 14.9. The fourth-order valence-electron chi connectivity index (χ4n) is 5.77. The molecule has 1 aliphatic heterocycles. The van der Waals surface area contributed by atoms with E-state index in [0.717, 1.165) is 25.7 Å². The van der Waals surface area contributed by atoms with Crippen LogP contribution in [-0.2, 0) is 38.5 Å². The van der Waals surface area contributed by atoms with Gasteiger partial charge in [0.05, 0.1) is 25.5 Å². The van der Waals surface area contributed by atoms with Crippen LogP contribution < -0.4 is 15.9 Å². The molecular weight excluding hydrogens is 657 g/mol. The molecule has 1 saturated heterocycles. The number of hydrogen-bond acceptors (Lipinski definition) is 13. The number of fused-ring (bicyclic) bond motifs is 1. The first kappa shape index (κ1) is 40.3. The van der Waals surface area contributed by atoms with E-state index in [9.17, 15) is 29.6 Å². The average molecular weight is 710 g/mol. The number of carbonyl (C=O) groups excluding carboxylic acids is 2. The summed E-state index contributed by atoms with van der Waals surface area (Å²) in [6, 6.07) is 2.67. The molecule has 7 atom stereocenters. The largest absolute Gasteiger partial charge is 0.464 e. The number of aromatic nitrogens is 3. The molecule has 2 aromatic rings. The zero-order valence-electron chi connectivity index (χ0n) is 29.6. The molecule has 0 aromatic carbocycles. The molecule has 274 valence electrons. The monoisotopic (exact) mass is 709 g/mol. The van der Waals surface area contributed by atoms with Crippen LogP contribution in [0.1, 0.15) is 86.8 Å². The molecule has 0 radical (unpaired) electrons. The van der Waals surface area contributed by atoms with E-state index < -0.39 is 61.2 Å². The number of anilines is 1. The van der Waals surface area contributed by atoms with Crippen LogP contribution in [0.2, 0.25) is 0 Å². The number of nitrogens with zero attached hydrogens (tertiary/aromatic N) is 4. The first-order valence-electron chi connectivity index (χ1n) is 16.7. The van der Waals surface area contributed by atoms with Gasteiger partial charge in [-0.05, 0) is 51.7 Å². The smallest absolute Gasteiger partial charge is 0.342 e. The Bertz CT molecular complexity index is 1500. The second-order valence-electron chi connectivity index (χ2n) is 13.1.